The molecule has 4 aromatic rings. The fourth-order valence-electron chi connectivity index (χ4n) is 4.50. The number of methoxy groups -OCH3 is 1. The van der Waals surface area contributed by atoms with Crippen molar-refractivity contribution in [3.63, 3.8) is 0 Å². The Labute approximate surface area is 209 Å². The van der Waals surface area contributed by atoms with E-state index in [0.29, 0.717) is 30.0 Å². The molecule has 0 saturated carbocycles. The minimum atomic E-state index is -0.268. The Kier molecular flexibility index (Phi) is 6.45. The van der Waals surface area contributed by atoms with Crippen LogP contribution in [-0.2, 0) is 11.3 Å². The van der Waals surface area contributed by atoms with E-state index in [1.165, 1.54) is 22.7 Å². The number of nitrogens with zero attached hydrogens (tertiary/aromatic N) is 6. The molecule has 9 heteroatoms. The number of hydrogen-bond donors (Lipinski definition) is 0. The maximum absolute atomic E-state index is 13.1. The van der Waals surface area contributed by atoms with Crippen LogP contribution in [0, 0.1) is 0 Å². The molecule has 0 spiro atoms. The number of fused-ring (bicyclic) bond motifs is 1. The predicted octanol–water partition coefficient (Wildman–Crippen LogP) is 3.06. The summed E-state index contributed by atoms with van der Waals surface area (Å²) in [6.45, 7) is 6.89. The Bertz CT molecular complexity index is 1410. The molecule has 5 rings (SSSR count). The monoisotopic (exact) mass is 486 g/mol. The van der Waals surface area contributed by atoms with Crippen molar-refractivity contribution < 1.29 is 9.53 Å². The number of hydrogen-bond acceptors (Lipinski definition) is 6. The lowest BCUT2D eigenvalue weighted by Gasteiger charge is -2.36. The van der Waals surface area contributed by atoms with Crippen molar-refractivity contribution in [2.24, 2.45) is 0 Å². The van der Waals surface area contributed by atoms with Crippen LogP contribution in [-0.4, -0.2) is 63.4 Å². The highest BCUT2D eigenvalue weighted by Gasteiger charge is 2.22. The zero-order chi connectivity index (χ0) is 25.2. The number of carbonyl (C=O) groups excluding carboxylic acids is 1. The summed E-state index contributed by atoms with van der Waals surface area (Å²) >= 11 is 0. The molecule has 1 saturated heterocycles. The molecule has 0 radical (unpaired) electrons. The van der Waals surface area contributed by atoms with Crippen molar-refractivity contribution in [3.8, 4) is 11.4 Å². The summed E-state index contributed by atoms with van der Waals surface area (Å²) < 4.78 is 8.25. The van der Waals surface area contributed by atoms with Crippen LogP contribution < -0.4 is 15.2 Å². The second-order valence-corrected chi connectivity index (χ2v) is 9.28. The van der Waals surface area contributed by atoms with Crippen molar-refractivity contribution in [1.29, 1.82) is 0 Å². The molecule has 2 aromatic heterocycles. The van der Waals surface area contributed by atoms with E-state index in [-0.39, 0.29) is 18.0 Å². The zero-order valence-electron chi connectivity index (χ0n) is 20.8. The van der Waals surface area contributed by atoms with Gasteiger partial charge in [0.25, 0.3) is 5.56 Å². The molecule has 36 heavy (non-hydrogen) atoms. The first-order chi connectivity index (χ1) is 17.4. The lowest BCUT2D eigenvalue weighted by molar-refractivity contribution is -0.132. The lowest BCUT2D eigenvalue weighted by Crippen LogP contribution is -2.50. The van der Waals surface area contributed by atoms with Crippen LogP contribution >= 0.6 is 0 Å². The first-order valence-electron chi connectivity index (χ1n) is 12.1. The number of aromatic nitrogens is 4. The smallest absolute Gasteiger partial charge is 0.264 e. The number of carbonyl (C=O) groups is 1. The first kappa shape index (κ1) is 23.6. The summed E-state index contributed by atoms with van der Waals surface area (Å²) in [6.07, 6.45) is 2.96. The summed E-state index contributed by atoms with van der Waals surface area (Å²) in [7, 11) is 1.65. The zero-order valence-corrected chi connectivity index (χ0v) is 20.8. The molecule has 3 heterocycles. The van der Waals surface area contributed by atoms with E-state index in [4.69, 9.17) is 4.74 Å². The highest BCUT2D eigenvalue weighted by atomic mass is 16.5. The number of rotatable bonds is 6. The second-order valence-electron chi connectivity index (χ2n) is 9.28. The van der Waals surface area contributed by atoms with Gasteiger partial charge in [-0.05, 0) is 47.9 Å². The maximum Gasteiger partial charge on any atom is 0.264 e. The van der Waals surface area contributed by atoms with Crippen LogP contribution in [0.1, 0.15) is 25.3 Å². The highest BCUT2D eigenvalue weighted by molar-refractivity contribution is 5.78. The molecule has 0 bridgehead atoms. The van der Waals surface area contributed by atoms with E-state index < -0.39 is 0 Å². The fourth-order valence-corrected chi connectivity index (χ4v) is 4.50. The Morgan fingerprint density at radius 1 is 0.972 bits per heavy atom. The molecule has 0 unspecified atom stereocenters. The van der Waals surface area contributed by atoms with Crippen molar-refractivity contribution in [1.82, 2.24) is 24.2 Å². The molecule has 186 valence electrons. The van der Waals surface area contributed by atoms with Gasteiger partial charge in [-0.2, -0.15) is 5.10 Å². The summed E-state index contributed by atoms with van der Waals surface area (Å²) in [6, 6.07) is 16.0. The number of anilines is 1. The topological polar surface area (TPSA) is 85.5 Å². The number of amides is 1. The average molecular weight is 487 g/mol. The molecular weight excluding hydrogens is 456 g/mol. The van der Waals surface area contributed by atoms with Gasteiger partial charge in [-0.15, -0.1) is 0 Å². The van der Waals surface area contributed by atoms with Gasteiger partial charge in [0.15, 0.2) is 5.65 Å². The average Bonchev–Trinajstić information content (AvgIpc) is 3.35. The molecule has 1 fully saturated rings. The lowest BCUT2D eigenvalue weighted by atomic mass is 10.0. The van der Waals surface area contributed by atoms with Gasteiger partial charge in [-0.25, -0.2) is 9.67 Å². The summed E-state index contributed by atoms with van der Waals surface area (Å²) in [5.74, 6) is 1.16. The standard InChI is InChI=1S/C27H30N6O3/c1-19(2)20-4-6-22(7-5-20)33-26-24(16-29-33)27(35)32(18-28-26)17-25(34)31-14-12-30(13-15-31)21-8-10-23(36-3)11-9-21/h4-11,16,18-19H,12-15,17H2,1-3H3. The van der Waals surface area contributed by atoms with Gasteiger partial charge in [0.05, 0.1) is 19.0 Å². The molecule has 9 nitrogen and oxygen atoms in total. The predicted molar refractivity (Wildman–Crippen MR) is 139 cm³/mol. The second kappa shape index (κ2) is 9.85. The molecule has 1 amide bonds. The highest BCUT2D eigenvalue weighted by Crippen LogP contribution is 2.21. The van der Waals surface area contributed by atoms with E-state index in [2.05, 4.69) is 41.0 Å². The van der Waals surface area contributed by atoms with E-state index in [0.717, 1.165) is 30.2 Å². The van der Waals surface area contributed by atoms with Crippen LogP contribution in [0.4, 0.5) is 5.69 Å². The minimum Gasteiger partial charge on any atom is -0.497 e. The van der Waals surface area contributed by atoms with Crippen LogP contribution in [0.2, 0.25) is 0 Å². The summed E-state index contributed by atoms with van der Waals surface area (Å²) in [5, 5.41) is 4.78. The molecule has 0 N–H and O–H groups in total. The van der Waals surface area contributed by atoms with E-state index >= 15 is 0 Å². The Hall–Kier alpha value is -4.14. The van der Waals surface area contributed by atoms with Gasteiger partial charge in [0.2, 0.25) is 5.91 Å². The first-order valence-corrected chi connectivity index (χ1v) is 12.1. The quantitative estimate of drug-likeness (QED) is 0.417. The summed E-state index contributed by atoms with van der Waals surface area (Å²) in [5.41, 5.74) is 3.38. The Balaban J connectivity index is 1.26. The third kappa shape index (κ3) is 4.56. The molecule has 2 aromatic carbocycles. The summed E-state index contributed by atoms with van der Waals surface area (Å²) in [4.78, 5) is 34.6. The largest absolute Gasteiger partial charge is 0.497 e. The van der Waals surface area contributed by atoms with E-state index in [1.807, 2.05) is 36.4 Å². The molecular formula is C27H30N6O3. The molecule has 0 atom stereocenters. The van der Waals surface area contributed by atoms with Crippen LogP contribution in [0.3, 0.4) is 0 Å². The van der Waals surface area contributed by atoms with Gasteiger partial charge in [0.1, 0.15) is 24.0 Å². The molecule has 1 aliphatic rings. The Morgan fingerprint density at radius 2 is 1.64 bits per heavy atom. The van der Waals surface area contributed by atoms with Gasteiger partial charge in [0, 0.05) is 31.9 Å². The van der Waals surface area contributed by atoms with E-state index in [1.54, 1.807) is 16.7 Å². The van der Waals surface area contributed by atoms with E-state index in [9.17, 15) is 9.59 Å². The number of ether oxygens (including phenoxy) is 1. The van der Waals surface area contributed by atoms with Crippen molar-refractivity contribution in [2.75, 3.05) is 38.2 Å². The third-order valence-corrected chi connectivity index (χ3v) is 6.73. The van der Waals surface area contributed by atoms with Crippen LogP contribution in [0.25, 0.3) is 16.7 Å². The number of benzene rings is 2. The SMILES string of the molecule is COc1ccc(N2CCN(C(=O)Cn3cnc4c(cnn4-c4ccc(C(C)C)cc4)c3=O)CC2)cc1. The fraction of sp³-hybridized carbons (Fsp3) is 0.333. The van der Waals surface area contributed by atoms with Gasteiger partial charge in [-0.3, -0.25) is 14.2 Å². The minimum absolute atomic E-state index is 0.0431. The molecule has 0 aliphatic carbocycles. The van der Waals surface area contributed by atoms with Gasteiger partial charge in [-0.1, -0.05) is 26.0 Å². The van der Waals surface area contributed by atoms with Crippen molar-refractivity contribution in [2.45, 2.75) is 26.3 Å². The van der Waals surface area contributed by atoms with Crippen molar-refractivity contribution in [3.05, 3.63) is 77.0 Å². The van der Waals surface area contributed by atoms with Gasteiger partial charge < -0.3 is 14.5 Å². The normalized spacial score (nSPS) is 14.0. The van der Waals surface area contributed by atoms with Gasteiger partial charge >= 0.3 is 0 Å². The third-order valence-electron chi connectivity index (χ3n) is 6.73. The van der Waals surface area contributed by atoms with Crippen LogP contribution in [0.5, 0.6) is 5.75 Å². The maximum atomic E-state index is 13.1. The van der Waals surface area contributed by atoms with Crippen LogP contribution in [0.15, 0.2) is 65.8 Å². The van der Waals surface area contributed by atoms with Crippen molar-refractivity contribution >= 4 is 22.6 Å². The number of piperazine rings is 1. The Morgan fingerprint density at radius 3 is 2.28 bits per heavy atom. The molecule has 1 aliphatic heterocycles.